The normalized spacial score (nSPS) is 11.2. The Morgan fingerprint density at radius 2 is 2.11 bits per heavy atom. The Labute approximate surface area is 106 Å². The van der Waals surface area contributed by atoms with Gasteiger partial charge in [0.25, 0.3) is 0 Å². The lowest BCUT2D eigenvalue weighted by atomic mass is 9.79. The van der Waals surface area contributed by atoms with Crippen LogP contribution in [-0.4, -0.2) is 27.2 Å². The summed E-state index contributed by atoms with van der Waals surface area (Å²) in [4.78, 5) is 23.0. The number of hydrogen-bond donors (Lipinski definition) is 3. The standard InChI is InChI=1S/C12H19N3O3/c1-3-12(4-2,11(17)18)7-10(16)13-8-9-5-6-14-15-9/h5-6H,3-4,7-8H2,1-2H3,(H,13,16)(H,14,15)(H,17,18). The maximum Gasteiger partial charge on any atom is 0.310 e. The van der Waals surface area contributed by atoms with Gasteiger partial charge >= 0.3 is 5.97 Å². The molecule has 100 valence electrons. The molecule has 0 aliphatic heterocycles. The number of aromatic amines is 1. The van der Waals surface area contributed by atoms with Crippen LogP contribution < -0.4 is 5.32 Å². The molecule has 0 bridgehead atoms. The van der Waals surface area contributed by atoms with Gasteiger partial charge in [-0.1, -0.05) is 13.8 Å². The number of hydrogen-bond acceptors (Lipinski definition) is 3. The third-order valence-corrected chi connectivity index (χ3v) is 3.34. The second-order valence-corrected chi connectivity index (χ2v) is 4.33. The molecule has 1 rings (SSSR count). The number of carboxylic acids is 1. The van der Waals surface area contributed by atoms with Crippen LogP contribution in [-0.2, 0) is 16.1 Å². The minimum absolute atomic E-state index is 0.00344. The molecule has 0 saturated carbocycles. The quantitative estimate of drug-likeness (QED) is 0.682. The number of amides is 1. The van der Waals surface area contributed by atoms with Gasteiger partial charge in [-0.05, 0) is 18.9 Å². The highest BCUT2D eigenvalue weighted by molar-refractivity contribution is 5.84. The van der Waals surface area contributed by atoms with Crippen LogP contribution in [0.4, 0.5) is 0 Å². The molecule has 1 heterocycles. The molecule has 1 aromatic heterocycles. The summed E-state index contributed by atoms with van der Waals surface area (Å²) in [6.07, 6.45) is 2.48. The fourth-order valence-corrected chi connectivity index (χ4v) is 1.82. The number of carbonyl (C=O) groups excluding carboxylic acids is 1. The van der Waals surface area contributed by atoms with Crippen molar-refractivity contribution < 1.29 is 14.7 Å². The van der Waals surface area contributed by atoms with Gasteiger partial charge in [0.1, 0.15) is 0 Å². The third kappa shape index (κ3) is 3.32. The highest BCUT2D eigenvalue weighted by atomic mass is 16.4. The van der Waals surface area contributed by atoms with Crippen LogP contribution >= 0.6 is 0 Å². The molecule has 0 unspecified atom stereocenters. The average Bonchev–Trinajstić information content (AvgIpc) is 2.86. The van der Waals surface area contributed by atoms with Crippen molar-refractivity contribution in [2.75, 3.05) is 0 Å². The molecule has 1 amide bonds. The average molecular weight is 253 g/mol. The monoisotopic (exact) mass is 253 g/mol. The van der Waals surface area contributed by atoms with E-state index in [1.54, 1.807) is 26.1 Å². The minimum Gasteiger partial charge on any atom is -0.481 e. The third-order valence-electron chi connectivity index (χ3n) is 3.34. The fraction of sp³-hybridized carbons (Fsp3) is 0.583. The molecule has 0 radical (unpaired) electrons. The van der Waals surface area contributed by atoms with E-state index in [1.807, 2.05) is 0 Å². The number of H-pyrrole nitrogens is 1. The summed E-state index contributed by atoms with van der Waals surface area (Å²) in [6, 6.07) is 1.75. The lowest BCUT2D eigenvalue weighted by molar-refractivity contribution is -0.152. The highest BCUT2D eigenvalue weighted by Crippen LogP contribution is 2.30. The first-order chi connectivity index (χ1) is 8.54. The van der Waals surface area contributed by atoms with Crippen LogP contribution in [0.1, 0.15) is 38.8 Å². The predicted octanol–water partition coefficient (Wildman–Crippen LogP) is 1.31. The second-order valence-electron chi connectivity index (χ2n) is 4.33. The van der Waals surface area contributed by atoms with Gasteiger partial charge in [-0.2, -0.15) is 5.10 Å². The van der Waals surface area contributed by atoms with Gasteiger partial charge in [0.2, 0.25) is 5.91 Å². The largest absolute Gasteiger partial charge is 0.481 e. The molecule has 18 heavy (non-hydrogen) atoms. The smallest absolute Gasteiger partial charge is 0.310 e. The van der Waals surface area contributed by atoms with Crippen LogP contribution in [0.5, 0.6) is 0 Å². The van der Waals surface area contributed by atoms with Crippen LogP contribution in [0.25, 0.3) is 0 Å². The number of nitrogens with one attached hydrogen (secondary N) is 2. The minimum atomic E-state index is -0.960. The molecule has 0 aliphatic rings. The first-order valence-corrected chi connectivity index (χ1v) is 6.02. The van der Waals surface area contributed by atoms with Crippen molar-refractivity contribution in [1.29, 1.82) is 0 Å². The maximum absolute atomic E-state index is 11.8. The van der Waals surface area contributed by atoms with E-state index in [0.717, 1.165) is 5.69 Å². The summed E-state index contributed by atoms with van der Waals surface area (Å²) in [5.41, 5.74) is -0.171. The Bertz CT molecular complexity index is 397. The Balaban J connectivity index is 2.54. The summed E-state index contributed by atoms with van der Waals surface area (Å²) in [6.45, 7) is 3.92. The number of aliphatic carboxylic acids is 1. The van der Waals surface area contributed by atoms with Crippen molar-refractivity contribution in [3.05, 3.63) is 18.0 Å². The van der Waals surface area contributed by atoms with Crippen molar-refractivity contribution in [3.63, 3.8) is 0 Å². The van der Waals surface area contributed by atoms with Crippen LogP contribution in [0, 0.1) is 5.41 Å². The van der Waals surface area contributed by atoms with E-state index in [-0.39, 0.29) is 12.3 Å². The molecule has 1 aromatic rings. The first kappa shape index (κ1) is 14.2. The van der Waals surface area contributed by atoms with Gasteiger partial charge in [0, 0.05) is 12.6 Å². The molecule has 6 heteroatoms. The van der Waals surface area contributed by atoms with E-state index in [0.29, 0.717) is 19.4 Å². The summed E-state index contributed by atoms with van der Waals surface area (Å²) >= 11 is 0. The number of rotatable bonds is 7. The summed E-state index contributed by atoms with van der Waals surface area (Å²) in [7, 11) is 0. The molecular formula is C12H19N3O3. The van der Waals surface area contributed by atoms with Crippen molar-refractivity contribution in [3.8, 4) is 0 Å². The summed E-state index contributed by atoms with van der Waals surface area (Å²) in [5.74, 6) is -1.17. The number of aromatic nitrogens is 2. The van der Waals surface area contributed by atoms with Gasteiger partial charge in [-0.25, -0.2) is 0 Å². The van der Waals surface area contributed by atoms with Crippen molar-refractivity contribution in [1.82, 2.24) is 15.5 Å². The van der Waals surface area contributed by atoms with Crippen molar-refractivity contribution in [2.24, 2.45) is 5.41 Å². The van der Waals surface area contributed by atoms with E-state index < -0.39 is 11.4 Å². The molecule has 0 aromatic carbocycles. The van der Waals surface area contributed by atoms with Gasteiger partial charge < -0.3 is 10.4 Å². The summed E-state index contributed by atoms with van der Waals surface area (Å²) in [5, 5.41) is 18.4. The highest BCUT2D eigenvalue weighted by Gasteiger charge is 2.36. The molecule has 3 N–H and O–H groups in total. The predicted molar refractivity (Wildman–Crippen MR) is 65.7 cm³/mol. The van der Waals surface area contributed by atoms with Crippen LogP contribution in [0.3, 0.4) is 0 Å². The zero-order valence-corrected chi connectivity index (χ0v) is 10.7. The van der Waals surface area contributed by atoms with E-state index in [2.05, 4.69) is 15.5 Å². The van der Waals surface area contributed by atoms with Crippen molar-refractivity contribution >= 4 is 11.9 Å². The van der Waals surface area contributed by atoms with Crippen LogP contribution in [0.2, 0.25) is 0 Å². The number of nitrogens with zero attached hydrogens (tertiary/aromatic N) is 1. The SMILES string of the molecule is CCC(CC)(CC(=O)NCc1ccn[nH]1)C(=O)O. The van der Waals surface area contributed by atoms with E-state index in [4.69, 9.17) is 0 Å². The first-order valence-electron chi connectivity index (χ1n) is 6.02. The van der Waals surface area contributed by atoms with Gasteiger partial charge in [0.05, 0.1) is 17.7 Å². The zero-order valence-electron chi connectivity index (χ0n) is 10.7. The zero-order chi connectivity index (χ0) is 13.6. The Morgan fingerprint density at radius 3 is 2.56 bits per heavy atom. The Morgan fingerprint density at radius 1 is 1.44 bits per heavy atom. The van der Waals surface area contributed by atoms with E-state index >= 15 is 0 Å². The molecule has 0 atom stereocenters. The number of carboxylic acid groups (broad SMARTS) is 1. The second kappa shape index (κ2) is 6.18. The Kier molecular flexibility index (Phi) is 4.88. The van der Waals surface area contributed by atoms with E-state index in [1.165, 1.54) is 0 Å². The molecule has 0 aliphatic carbocycles. The topological polar surface area (TPSA) is 95.1 Å². The van der Waals surface area contributed by atoms with Crippen LogP contribution in [0.15, 0.2) is 12.3 Å². The molecule has 0 spiro atoms. The fourth-order valence-electron chi connectivity index (χ4n) is 1.82. The van der Waals surface area contributed by atoms with Gasteiger partial charge in [-0.15, -0.1) is 0 Å². The Hall–Kier alpha value is -1.85. The van der Waals surface area contributed by atoms with Gasteiger partial charge in [-0.3, -0.25) is 14.7 Å². The lowest BCUT2D eigenvalue weighted by Gasteiger charge is -2.25. The molecule has 6 nitrogen and oxygen atoms in total. The molecular weight excluding hydrogens is 234 g/mol. The van der Waals surface area contributed by atoms with E-state index in [9.17, 15) is 14.7 Å². The van der Waals surface area contributed by atoms with Crippen molar-refractivity contribution in [2.45, 2.75) is 39.7 Å². The lowest BCUT2D eigenvalue weighted by Crippen LogP contribution is -2.36. The molecule has 0 fully saturated rings. The maximum atomic E-state index is 11.8. The number of carbonyl (C=O) groups is 2. The molecule has 0 saturated heterocycles. The summed E-state index contributed by atoms with van der Waals surface area (Å²) < 4.78 is 0. The van der Waals surface area contributed by atoms with Gasteiger partial charge in [0.15, 0.2) is 0 Å².